The van der Waals surface area contributed by atoms with E-state index in [1.54, 1.807) is 0 Å². The SMILES string of the molecule is COc1ccc(C(=CCCc2cccc(Oc3ccccc3)c2)C(F)(F)F)cc1. The summed E-state index contributed by atoms with van der Waals surface area (Å²) in [7, 11) is 1.48. The van der Waals surface area contributed by atoms with Gasteiger partial charge in [0.1, 0.15) is 17.2 Å². The molecule has 0 fully saturated rings. The van der Waals surface area contributed by atoms with Crippen LogP contribution in [0.5, 0.6) is 17.2 Å². The number of halogens is 3. The summed E-state index contributed by atoms with van der Waals surface area (Å²) in [5, 5.41) is 0. The highest BCUT2D eigenvalue weighted by Crippen LogP contribution is 2.35. The molecule has 0 aliphatic rings. The molecule has 0 spiro atoms. The van der Waals surface area contributed by atoms with Gasteiger partial charge in [-0.2, -0.15) is 13.2 Å². The Morgan fingerprint density at radius 2 is 1.52 bits per heavy atom. The molecule has 0 saturated carbocycles. The Bertz CT molecular complexity index is 946. The van der Waals surface area contributed by atoms with E-state index >= 15 is 0 Å². The van der Waals surface area contributed by atoms with Crippen molar-refractivity contribution in [1.82, 2.24) is 0 Å². The van der Waals surface area contributed by atoms with Crippen LogP contribution in [-0.2, 0) is 6.42 Å². The van der Waals surface area contributed by atoms with Gasteiger partial charge in [-0.1, -0.05) is 48.5 Å². The summed E-state index contributed by atoms with van der Waals surface area (Å²) in [5.74, 6) is 1.89. The van der Waals surface area contributed by atoms with E-state index in [0.29, 0.717) is 23.7 Å². The largest absolute Gasteiger partial charge is 0.497 e. The maximum absolute atomic E-state index is 13.5. The number of aryl methyl sites for hydroxylation is 1. The van der Waals surface area contributed by atoms with Gasteiger partial charge >= 0.3 is 6.18 Å². The Hall–Kier alpha value is -3.21. The fourth-order valence-electron chi connectivity index (χ4n) is 2.94. The molecule has 0 aliphatic heterocycles. The number of alkyl halides is 3. The zero-order valence-corrected chi connectivity index (χ0v) is 15.9. The topological polar surface area (TPSA) is 18.5 Å². The molecule has 3 aromatic rings. The zero-order chi connectivity index (χ0) is 20.7. The monoisotopic (exact) mass is 398 g/mol. The molecule has 0 heterocycles. The van der Waals surface area contributed by atoms with Crippen LogP contribution in [-0.4, -0.2) is 13.3 Å². The lowest BCUT2D eigenvalue weighted by atomic mass is 10.0. The summed E-state index contributed by atoms with van der Waals surface area (Å²) in [4.78, 5) is 0. The number of benzene rings is 3. The summed E-state index contributed by atoms with van der Waals surface area (Å²) in [5.41, 5.74) is 0.391. The minimum Gasteiger partial charge on any atom is -0.497 e. The molecule has 0 N–H and O–H groups in total. The first-order chi connectivity index (χ1) is 14.0. The lowest BCUT2D eigenvalue weighted by Gasteiger charge is -2.13. The molecule has 0 radical (unpaired) electrons. The van der Waals surface area contributed by atoms with E-state index in [1.807, 2.05) is 54.6 Å². The van der Waals surface area contributed by atoms with Crippen molar-refractivity contribution >= 4 is 5.57 Å². The van der Waals surface area contributed by atoms with Gasteiger partial charge < -0.3 is 9.47 Å². The third-order valence-corrected chi connectivity index (χ3v) is 4.37. The Kier molecular flexibility index (Phi) is 6.60. The second-order valence-corrected chi connectivity index (χ2v) is 6.45. The number of para-hydroxylation sites is 1. The highest BCUT2D eigenvalue weighted by Gasteiger charge is 2.34. The second-order valence-electron chi connectivity index (χ2n) is 6.45. The van der Waals surface area contributed by atoms with E-state index in [0.717, 1.165) is 5.56 Å². The highest BCUT2D eigenvalue weighted by atomic mass is 19.4. The van der Waals surface area contributed by atoms with Crippen LogP contribution in [0.25, 0.3) is 5.57 Å². The number of methoxy groups -OCH3 is 1. The van der Waals surface area contributed by atoms with Crippen molar-refractivity contribution in [3.05, 3.63) is 96.1 Å². The van der Waals surface area contributed by atoms with Crippen LogP contribution < -0.4 is 9.47 Å². The summed E-state index contributed by atoms with van der Waals surface area (Å²) in [6, 6.07) is 22.6. The van der Waals surface area contributed by atoms with Crippen molar-refractivity contribution in [2.75, 3.05) is 7.11 Å². The highest BCUT2D eigenvalue weighted by molar-refractivity contribution is 5.70. The molecular formula is C24H21F3O2. The van der Waals surface area contributed by atoms with Gasteiger partial charge in [0.15, 0.2) is 0 Å². The van der Waals surface area contributed by atoms with Crippen LogP contribution in [0.3, 0.4) is 0 Å². The van der Waals surface area contributed by atoms with Gasteiger partial charge in [0.05, 0.1) is 12.7 Å². The van der Waals surface area contributed by atoms with Crippen LogP contribution in [0.2, 0.25) is 0 Å². The molecule has 0 atom stereocenters. The first-order valence-corrected chi connectivity index (χ1v) is 9.19. The number of hydrogen-bond acceptors (Lipinski definition) is 2. The number of rotatable bonds is 7. The molecule has 0 aromatic heterocycles. The Morgan fingerprint density at radius 3 is 2.17 bits per heavy atom. The van der Waals surface area contributed by atoms with Crippen LogP contribution in [0.15, 0.2) is 84.9 Å². The Labute approximate surface area is 168 Å². The molecule has 0 bridgehead atoms. The van der Waals surface area contributed by atoms with E-state index in [-0.39, 0.29) is 12.0 Å². The van der Waals surface area contributed by atoms with Gasteiger partial charge in [-0.25, -0.2) is 0 Å². The van der Waals surface area contributed by atoms with Crippen molar-refractivity contribution in [2.24, 2.45) is 0 Å². The number of hydrogen-bond donors (Lipinski definition) is 0. The van der Waals surface area contributed by atoms with Crippen LogP contribution in [0.1, 0.15) is 17.5 Å². The minimum absolute atomic E-state index is 0.125. The maximum Gasteiger partial charge on any atom is 0.416 e. The van der Waals surface area contributed by atoms with E-state index in [4.69, 9.17) is 9.47 Å². The van der Waals surface area contributed by atoms with E-state index in [2.05, 4.69) is 0 Å². The quantitative estimate of drug-likeness (QED) is 0.424. The smallest absolute Gasteiger partial charge is 0.416 e. The summed E-state index contributed by atoms with van der Waals surface area (Å²) < 4.78 is 51.3. The average Bonchev–Trinajstić information content (AvgIpc) is 2.71. The van der Waals surface area contributed by atoms with Crippen molar-refractivity contribution in [2.45, 2.75) is 19.0 Å². The van der Waals surface area contributed by atoms with Crippen molar-refractivity contribution in [3.8, 4) is 17.2 Å². The molecule has 0 saturated heterocycles. The van der Waals surface area contributed by atoms with Gasteiger partial charge in [0.25, 0.3) is 0 Å². The lowest BCUT2D eigenvalue weighted by Crippen LogP contribution is -2.11. The molecule has 0 amide bonds. The Morgan fingerprint density at radius 1 is 0.828 bits per heavy atom. The first-order valence-electron chi connectivity index (χ1n) is 9.19. The van der Waals surface area contributed by atoms with Crippen molar-refractivity contribution in [3.63, 3.8) is 0 Å². The minimum atomic E-state index is -4.42. The predicted molar refractivity (Wildman–Crippen MR) is 108 cm³/mol. The summed E-state index contributed by atoms with van der Waals surface area (Å²) >= 11 is 0. The molecule has 0 unspecified atom stereocenters. The first kappa shape index (κ1) is 20.5. The molecule has 0 aliphatic carbocycles. The molecule has 150 valence electrons. The van der Waals surface area contributed by atoms with Crippen LogP contribution >= 0.6 is 0 Å². The third kappa shape index (κ3) is 5.88. The molecule has 29 heavy (non-hydrogen) atoms. The number of allylic oxidation sites excluding steroid dienone is 2. The lowest BCUT2D eigenvalue weighted by molar-refractivity contribution is -0.0690. The number of ether oxygens (including phenoxy) is 2. The van der Waals surface area contributed by atoms with Gasteiger partial charge in [0, 0.05) is 0 Å². The molecule has 3 rings (SSSR count). The molecule has 2 nitrogen and oxygen atoms in total. The normalized spacial score (nSPS) is 11.9. The average molecular weight is 398 g/mol. The van der Waals surface area contributed by atoms with Gasteiger partial charge in [0.2, 0.25) is 0 Å². The molecular weight excluding hydrogens is 377 g/mol. The van der Waals surface area contributed by atoms with Crippen molar-refractivity contribution < 1.29 is 22.6 Å². The summed E-state index contributed by atoms with van der Waals surface area (Å²) in [6.07, 6.45) is -2.45. The van der Waals surface area contributed by atoms with Gasteiger partial charge in [-0.15, -0.1) is 0 Å². The fourth-order valence-corrected chi connectivity index (χ4v) is 2.94. The van der Waals surface area contributed by atoms with E-state index in [9.17, 15) is 13.2 Å². The van der Waals surface area contributed by atoms with E-state index in [1.165, 1.54) is 37.5 Å². The molecule has 5 heteroatoms. The zero-order valence-electron chi connectivity index (χ0n) is 15.9. The van der Waals surface area contributed by atoms with E-state index < -0.39 is 11.7 Å². The van der Waals surface area contributed by atoms with Gasteiger partial charge in [-0.05, 0) is 60.4 Å². The van der Waals surface area contributed by atoms with Gasteiger partial charge in [-0.3, -0.25) is 0 Å². The van der Waals surface area contributed by atoms with Crippen molar-refractivity contribution in [1.29, 1.82) is 0 Å². The van der Waals surface area contributed by atoms with Crippen LogP contribution in [0.4, 0.5) is 13.2 Å². The fraction of sp³-hybridized carbons (Fsp3) is 0.167. The third-order valence-electron chi connectivity index (χ3n) is 4.37. The summed E-state index contributed by atoms with van der Waals surface area (Å²) in [6.45, 7) is 0. The van der Waals surface area contributed by atoms with Crippen LogP contribution in [0, 0.1) is 0 Å². The predicted octanol–water partition coefficient (Wildman–Crippen LogP) is 7.07. The maximum atomic E-state index is 13.5. The Balaban J connectivity index is 1.71. The standard InChI is InChI=1S/C24H21F3O2/c1-28-20-15-13-19(14-16-20)23(24(25,26)27)12-6-8-18-7-5-11-22(17-18)29-21-9-3-2-4-10-21/h2-5,7,9-17H,6,8H2,1H3. The molecule has 3 aromatic carbocycles. The second kappa shape index (κ2) is 9.32.